The lowest BCUT2D eigenvalue weighted by Crippen LogP contribution is -2.41. The highest BCUT2D eigenvalue weighted by Crippen LogP contribution is 2.33. The lowest BCUT2D eigenvalue weighted by atomic mass is 9.84. The van der Waals surface area contributed by atoms with Crippen molar-refractivity contribution in [2.75, 3.05) is 32.7 Å². The molecule has 0 bridgehead atoms. The molecule has 6 nitrogen and oxygen atoms in total. The third-order valence-corrected chi connectivity index (χ3v) is 12.2. The monoisotopic (exact) mass is 597 g/mol. The summed E-state index contributed by atoms with van der Waals surface area (Å²) in [6.07, 6.45) is 34.7. The van der Waals surface area contributed by atoms with E-state index in [9.17, 15) is 5.41 Å². The Balaban J connectivity index is 1.02. The molecule has 2 atom stereocenters. The molecule has 2 aliphatic heterocycles. The van der Waals surface area contributed by atoms with Crippen LogP contribution in [-0.2, 0) is 0 Å². The van der Waals surface area contributed by atoms with Gasteiger partial charge in [-0.05, 0) is 56.3 Å². The summed E-state index contributed by atoms with van der Waals surface area (Å²) in [6, 6.07) is 1.06. The summed E-state index contributed by atoms with van der Waals surface area (Å²) < 4.78 is 0. The van der Waals surface area contributed by atoms with Gasteiger partial charge in [-0.15, -0.1) is 0 Å². The molecule has 0 spiro atoms. The average Bonchev–Trinajstić information content (AvgIpc) is 3.54. The van der Waals surface area contributed by atoms with Gasteiger partial charge < -0.3 is 20.4 Å². The van der Waals surface area contributed by atoms with Gasteiger partial charge >= 0.3 is 0 Å². The second-order valence-electron chi connectivity index (χ2n) is 15.4. The Kier molecular flexibility index (Phi) is 13.7. The van der Waals surface area contributed by atoms with E-state index in [1.54, 1.807) is 0 Å². The van der Waals surface area contributed by atoms with E-state index in [0.29, 0.717) is 12.1 Å². The first kappa shape index (κ1) is 32.9. The summed E-state index contributed by atoms with van der Waals surface area (Å²) in [6.45, 7) is 5.20. The van der Waals surface area contributed by atoms with Crippen molar-refractivity contribution in [1.82, 2.24) is 14.7 Å². The number of nitrogens with zero attached hydrogens (tertiary/aromatic N) is 4. The molecule has 1 saturated heterocycles. The van der Waals surface area contributed by atoms with Crippen molar-refractivity contribution in [2.45, 2.75) is 173 Å². The van der Waals surface area contributed by atoms with Gasteiger partial charge in [0.25, 0.3) is 0 Å². The summed E-state index contributed by atoms with van der Waals surface area (Å²) in [4.78, 5) is 12.0. The maximum Gasteiger partial charge on any atom is 0.194 e. The Morgan fingerprint density at radius 3 is 1.70 bits per heavy atom. The van der Waals surface area contributed by atoms with Crippen LogP contribution in [-0.4, -0.2) is 71.4 Å². The molecule has 3 N–H and O–H groups in total. The van der Waals surface area contributed by atoms with E-state index < -0.39 is 0 Å². The number of hydrogen-bond donors (Lipinski definition) is 2. The Morgan fingerprint density at radius 1 is 0.581 bits per heavy atom. The molecule has 3 saturated carbocycles. The molecule has 0 amide bonds. The summed E-state index contributed by atoms with van der Waals surface area (Å²) in [5.41, 5.74) is 6.35. The van der Waals surface area contributed by atoms with Gasteiger partial charge in [0.05, 0.1) is 12.6 Å². The van der Waals surface area contributed by atoms with E-state index in [2.05, 4.69) is 19.7 Å². The van der Waals surface area contributed by atoms with Gasteiger partial charge in [-0.1, -0.05) is 122 Å². The Morgan fingerprint density at radius 2 is 1.09 bits per heavy atom. The average molecular weight is 597 g/mol. The van der Waals surface area contributed by atoms with Crippen molar-refractivity contribution in [3.63, 3.8) is 0 Å². The zero-order valence-electron chi connectivity index (χ0n) is 28.0. The van der Waals surface area contributed by atoms with Crippen LogP contribution in [0, 0.1) is 23.2 Å². The molecule has 5 rings (SSSR count). The summed E-state index contributed by atoms with van der Waals surface area (Å²) in [7, 11) is 0. The second-order valence-corrected chi connectivity index (χ2v) is 15.4. The fourth-order valence-electron chi connectivity index (χ4n) is 9.47. The van der Waals surface area contributed by atoms with Crippen LogP contribution in [0.1, 0.15) is 161 Å². The molecule has 246 valence electrons. The maximum absolute atomic E-state index is 9.18. The topological polar surface area (TPSA) is 71.9 Å². The number of nitrogens with one attached hydrogen (secondary N) is 1. The van der Waals surface area contributed by atoms with E-state index in [1.165, 1.54) is 161 Å². The molecule has 0 unspecified atom stereocenters. The number of guanidine groups is 2. The first-order valence-electron chi connectivity index (χ1n) is 19.3. The highest BCUT2D eigenvalue weighted by Gasteiger charge is 2.35. The minimum Gasteiger partial charge on any atom is -0.370 e. The Bertz CT molecular complexity index is 825. The van der Waals surface area contributed by atoms with Crippen molar-refractivity contribution in [1.29, 1.82) is 5.41 Å². The van der Waals surface area contributed by atoms with Crippen LogP contribution in [0.5, 0.6) is 0 Å². The molecule has 0 aromatic carbocycles. The largest absolute Gasteiger partial charge is 0.370 e. The van der Waals surface area contributed by atoms with Crippen LogP contribution in [0.2, 0.25) is 0 Å². The molecule has 6 heteroatoms. The first-order valence-corrected chi connectivity index (χ1v) is 19.3. The van der Waals surface area contributed by atoms with Gasteiger partial charge in [0.1, 0.15) is 0 Å². The first-order chi connectivity index (χ1) is 21.2. The van der Waals surface area contributed by atoms with E-state index in [1.807, 2.05) is 0 Å². The van der Waals surface area contributed by atoms with Crippen LogP contribution in [0.3, 0.4) is 0 Å². The fourth-order valence-corrected chi connectivity index (χ4v) is 9.47. The van der Waals surface area contributed by atoms with Crippen molar-refractivity contribution < 1.29 is 0 Å². The number of aliphatic imine (C=N–C) groups is 1. The molecule has 0 aromatic heterocycles. The normalized spacial score (nSPS) is 26.6. The molecule has 0 aromatic rings. The van der Waals surface area contributed by atoms with Crippen LogP contribution >= 0.6 is 0 Å². The summed E-state index contributed by atoms with van der Waals surface area (Å²) in [5.74, 6) is 4.48. The molecule has 3 aliphatic carbocycles. The number of nitrogens with two attached hydrogens (primary N) is 1. The van der Waals surface area contributed by atoms with E-state index >= 15 is 0 Å². The maximum atomic E-state index is 9.18. The predicted octanol–water partition coefficient (Wildman–Crippen LogP) is 8.55. The van der Waals surface area contributed by atoms with Crippen LogP contribution < -0.4 is 5.73 Å². The minimum absolute atomic E-state index is 0.493. The molecular weight excluding hydrogens is 528 g/mol. The Labute approximate surface area is 265 Å². The van der Waals surface area contributed by atoms with Crippen LogP contribution in [0.25, 0.3) is 0 Å². The van der Waals surface area contributed by atoms with Crippen molar-refractivity contribution in [2.24, 2.45) is 28.5 Å². The molecule has 4 fully saturated rings. The van der Waals surface area contributed by atoms with Crippen LogP contribution in [0.4, 0.5) is 0 Å². The molecule has 5 aliphatic rings. The zero-order valence-corrected chi connectivity index (χ0v) is 28.0. The van der Waals surface area contributed by atoms with Crippen molar-refractivity contribution in [3.05, 3.63) is 0 Å². The lowest BCUT2D eigenvalue weighted by molar-refractivity contribution is 0.238. The molecule has 0 radical (unpaired) electrons. The van der Waals surface area contributed by atoms with Crippen LogP contribution in [0.15, 0.2) is 4.99 Å². The number of hydrogen-bond acceptors (Lipinski definition) is 4. The second kappa shape index (κ2) is 17.9. The fraction of sp³-hybridized carbons (Fsp3) is 0.946. The standard InChI is InChI=1S/C37H68N6/c38-36-40-29-34(42(36)26-14-10-20-31-16-4-1-5-17-31)24-12-13-25-41-30-35(28-33-22-8-3-9-23-33)43(37(41)39)27-15-11-21-32-18-6-2-7-19-32/h31-35,39H,1-30H2,(H2,38,40)/t34-,35-/m0/s1. The van der Waals surface area contributed by atoms with E-state index in [4.69, 9.17) is 5.73 Å². The molecule has 2 heterocycles. The van der Waals surface area contributed by atoms with Gasteiger partial charge in [-0.2, -0.15) is 0 Å². The Hall–Kier alpha value is -1.46. The van der Waals surface area contributed by atoms with Gasteiger partial charge in [-0.25, -0.2) is 0 Å². The quantitative estimate of drug-likeness (QED) is 0.165. The molecule has 43 heavy (non-hydrogen) atoms. The zero-order chi connectivity index (χ0) is 29.7. The number of rotatable bonds is 17. The third-order valence-electron chi connectivity index (χ3n) is 12.2. The van der Waals surface area contributed by atoms with Crippen molar-refractivity contribution in [3.8, 4) is 0 Å². The van der Waals surface area contributed by atoms with Gasteiger partial charge in [-0.3, -0.25) is 10.4 Å². The minimum atomic E-state index is 0.493. The SMILES string of the molecule is N=C1N(CCCC[C@H]2CN=C(N)N2CCCCC2CCCCC2)C[C@H](CC2CCCCC2)N1CCCCC1CCCCC1. The van der Waals surface area contributed by atoms with E-state index in [-0.39, 0.29) is 0 Å². The van der Waals surface area contributed by atoms with Gasteiger partial charge in [0.15, 0.2) is 11.9 Å². The van der Waals surface area contributed by atoms with Gasteiger partial charge in [0, 0.05) is 32.2 Å². The van der Waals surface area contributed by atoms with Crippen molar-refractivity contribution >= 4 is 11.9 Å². The van der Waals surface area contributed by atoms with Gasteiger partial charge in [0.2, 0.25) is 0 Å². The highest BCUT2D eigenvalue weighted by atomic mass is 15.4. The van der Waals surface area contributed by atoms with E-state index in [0.717, 1.165) is 62.4 Å². The smallest absolute Gasteiger partial charge is 0.194 e. The summed E-state index contributed by atoms with van der Waals surface area (Å²) in [5, 5.41) is 9.18. The third kappa shape index (κ3) is 10.3. The summed E-state index contributed by atoms with van der Waals surface area (Å²) >= 11 is 0. The number of unbranched alkanes of at least 4 members (excludes halogenated alkanes) is 3. The predicted molar refractivity (Wildman–Crippen MR) is 183 cm³/mol. The highest BCUT2D eigenvalue weighted by molar-refractivity contribution is 5.80. The lowest BCUT2D eigenvalue weighted by Gasteiger charge is -2.30. The molecular formula is C37H68N6.